The van der Waals surface area contributed by atoms with Crippen molar-refractivity contribution >= 4 is 60.6 Å². The molecule has 1 aromatic carbocycles. The number of hydrogen-bond acceptors (Lipinski definition) is 9. The molecular weight excluding hydrogens is 654 g/mol. The van der Waals surface area contributed by atoms with Gasteiger partial charge >= 0.3 is 0 Å². The zero-order valence-corrected chi connectivity index (χ0v) is 25.8. The van der Waals surface area contributed by atoms with E-state index in [1.807, 2.05) is 6.92 Å². The monoisotopic (exact) mass is 689 g/mol. The Balaban J connectivity index is 1.43. The number of likely N-dealkylation sites (N-methyl/N-ethyl adjacent to an activating group) is 1. The van der Waals surface area contributed by atoms with E-state index >= 15 is 0 Å². The van der Waals surface area contributed by atoms with Crippen LogP contribution in [-0.2, 0) is 39.2 Å². The van der Waals surface area contributed by atoms with Gasteiger partial charge in [0.25, 0.3) is 5.91 Å². The van der Waals surface area contributed by atoms with Crippen molar-refractivity contribution in [1.29, 1.82) is 0 Å². The van der Waals surface area contributed by atoms with Gasteiger partial charge in [0, 0.05) is 35.7 Å². The Hall–Kier alpha value is -2.23. The molecule has 0 aliphatic rings. The molecule has 12 nitrogen and oxygen atoms in total. The molecule has 0 aliphatic heterocycles. The van der Waals surface area contributed by atoms with Gasteiger partial charge in [-0.1, -0.05) is 31.9 Å². The van der Waals surface area contributed by atoms with Crippen molar-refractivity contribution in [2.75, 3.05) is 72.5 Å². The van der Waals surface area contributed by atoms with Crippen molar-refractivity contribution in [3.05, 3.63) is 35.2 Å². The summed E-state index contributed by atoms with van der Waals surface area (Å²) in [5, 5.41) is 9.16. The molecule has 14 heteroatoms. The maximum Gasteiger partial charge on any atom is 0.251 e. The van der Waals surface area contributed by atoms with Crippen LogP contribution in [0.15, 0.2) is 18.2 Å². The van der Waals surface area contributed by atoms with Crippen LogP contribution in [0.25, 0.3) is 11.0 Å². The molecule has 1 heterocycles. The van der Waals surface area contributed by atoms with Crippen LogP contribution in [-0.4, -0.2) is 100 Å². The van der Waals surface area contributed by atoms with Gasteiger partial charge in [-0.25, -0.2) is 9.97 Å². The number of hydrogen-bond donors (Lipinski definition) is 3. The number of ether oxygens (including phenoxy) is 4. The first kappa shape index (κ1) is 34.0. The highest BCUT2D eigenvalue weighted by molar-refractivity contribution is 9.09. The van der Waals surface area contributed by atoms with Crippen molar-refractivity contribution in [2.24, 2.45) is 0 Å². The number of halogens is 2. The predicted molar refractivity (Wildman–Crippen MR) is 157 cm³/mol. The minimum absolute atomic E-state index is 0.0304. The average molecular weight is 691 g/mol. The lowest BCUT2D eigenvalue weighted by molar-refractivity contribution is -0.126. The molecule has 2 aromatic rings. The van der Waals surface area contributed by atoms with Gasteiger partial charge in [-0.15, -0.1) is 0 Å². The normalized spacial score (nSPS) is 11.0. The Morgan fingerprint density at radius 1 is 0.725 bits per heavy atom. The smallest absolute Gasteiger partial charge is 0.251 e. The first-order chi connectivity index (χ1) is 19.5. The van der Waals surface area contributed by atoms with Crippen LogP contribution < -0.4 is 16.0 Å². The Labute approximate surface area is 250 Å². The second-order valence-electron chi connectivity index (χ2n) is 8.27. The van der Waals surface area contributed by atoms with Gasteiger partial charge in [-0.3, -0.25) is 14.4 Å². The first-order valence-electron chi connectivity index (χ1n) is 13.0. The second kappa shape index (κ2) is 20.6. The van der Waals surface area contributed by atoms with E-state index < -0.39 is 0 Å². The predicted octanol–water partition coefficient (Wildman–Crippen LogP) is 1.86. The van der Waals surface area contributed by atoms with E-state index in [1.165, 1.54) is 0 Å². The van der Waals surface area contributed by atoms with Crippen LogP contribution >= 0.6 is 31.9 Å². The molecule has 40 heavy (non-hydrogen) atoms. The van der Waals surface area contributed by atoms with E-state index in [1.54, 1.807) is 18.2 Å². The molecule has 0 radical (unpaired) electrons. The number of nitrogens with zero attached hydrogens (tertiary/aromatic N) is 2. The van der Waals surface area contributed by atoms with Crippen molar-refractivity contribution in [2.45, 2.75) is 24.0 Å². The topological polar surface area (TPSA) is 150 Å². The molecule has 1 aromatic heterocycles. The van der Waals surface area contributed by atoms with Crippen molar-refractivity contribution in [1.82, 2.24) is 25.9 Å². The molecule has 0 bridgehead atoms. The highest BCUT2D eigenvalue weighted by atomic mass is 79.9. The van der Waals surface area contributed by atoms with Gasteiger partial charge in [-0.05, 0) is 25.1 Å². The van der Waals surface area contributed by atoms with E-state index in [2.05, 4.69) is 57.8 Å². The highest BCUT2D eigenvalue weighted by Gasteiger charge is 2.11. The molecule has 3 N–H and O–H groups in total. The molecule has 0 aliphatic carbocycles. The molecule has 222 valence electrons. The van der Waals surface area contributed by atoms with Gasteiger partial charge in [0.15, 0.2) is 0 Å². The number of fused-ring (bicyclic) bond motifs is 1. The van der Waals surface area contributed by atoms with E-state index in [4.69, 9.17) is 18.9 Å². The summed E-state index contributed by atoms with van der Waals surface area (Å²) in [6.45, 7) is 5.70. The third-order valence-corrected chi connectivity index (χ3v) is 6.34. The zero-order valence-electron chi connectivity index (χ0n) is 22.6. The van der Waals surface area contributed by atoms with E-state index in [0.29, 0.717) is 81.1 Å². The lowest BCUT2D eigenvalue weighted by Crippen LogP contribution is -2.37. The summed E-state index contributed by atoms with van der Waals surface area (Å²) in [5.41, 5.74) is 3.63. The maximum absolute atomic E-state index is 12.5. The number of carbonyl (C=O) groups excluding carboxylic acids is 3. The molecule has 0 fully saturated rings. The third-order valence-electron chi connectivity index (χ3n) is 5.28. The molecule has 0 spiro atoms. The fourth-order valence-corrected chi connectivity index (χ4v) is 4.17. The minimum atomic E-state index is -0.237. The van der Waals surface area contributed by atoms with Gasteiger partial charge in [-0.2, -0.15) is 0 Å². The quantitative estimate of drug-likeness (QED) is 0.132. The summed E-state index contributed by atoms with van der Waals surface area (Å²) in [4.78, 5) is 44.5. The first-order valence-corrected chi connectivity index (χ1v) is 15.3. The van der Waals surface area contributed by atoms with Crippen LogP contribution in [0.4, 0.5) is 0 Å². The van der Waals surface area contributed by atoms with E-state index in [9.17, 15) is 14.4 Å². The summed E-state index contributed by atoms with van der Waals surface area (Å²) < 4.78 is 21.7. The highest BCUT2D eigenvalue weighted by Crippen LogP contribution is 2.18. The molecule has 0 saturated carbocycles. The minimum Gasteiger partial charge on any atom is -0.379 e. The van der Waals surface area contributed by atoms with Gasteiger partial charge in [0.2, 0.25) is 11.8 Å². The largest absolute Gasteiger partial charge is 0.379 e. The average Bonchev–Trinajstić information content (AvgIpc) is 2.96. The van der Waals surface area contributed by atoms with Crippen molar-refractivity contribution in [3.63, 3.8) is 0 Å². The summed E-state index contributed by atoms with van der Waals surface area (Å²) in [6, 6.07) is 5.27. The van der Waals surface area contributed by atoms with Crippen LogP contribution in [0.5, 0.6) is 0 Å². The molecular formula is C26H37Br2N5O7. The third kappa shape index (κ3) is 13.4. The maximum atomic E-state index is 12.5. The number of amides is 3. The molecule has 0 atom stereocenters. The molecule has 2 rings (SSSR count). The summed E-state index contributed by atoms with van der Waals surface area (Å²) in [7, 11) is 0. The number of alkyl halides is 2. The summed E-state index contributed by atoms with van der Waals surface area (Å²) in [5.74, 6) is -0.654. The van der Waals surface area contributed by atoms with E-state index in [-0.39, 0.29) is 37.3 Å². The molecule has 0 saturated heterocycles. The Bertz CT molecular complexity index is 1080. The van der Waals surface area contributed by atoms with Crippen LogP contribution in [0.2, 0.25) is 0 Å². The molecule has 0 unspecified atom stereocenters. The fraction of sp³-hybridized carbons (Fsp3) is 0.577. The van der Waals surface area contributed by atoms with Gasteiger partial charge in [0.1, 0.15) is 0 Å². The van der Waals surface area contributed by atoms with Gasteiger partial charge in [0.05, 0.1) is 81.8 Å². The lowest BCUT2D eigenvalue weighted by atomic mass is 10.1. The van der Waals surface area contributed by atoms with Crippen LogP contribution in [0.3, 0.4) is 0 Å². The Morgan fingerprint density at radius 2 is 1.30 bits per heavy atom. The number of benzene rings is 1. The van der Waals surface area contributed by atoms with Crippen molar-refractivity contribution in [3.8, 4) is 0 Å². The zero-order chi connectivity index (χ0) is 29.0. The number of carbonyl (C=O) groups is 3. The Morgan fingerprint density at radius 3 is 1.90 bits per heavy atom. The number of aromatic nitrogens is 2. The Kier molecular flexibility index (Phi) is 17.5. The van der Waals surface area contributed by atoms with Crippen LogP contribution in [0, 0.1) is 0 Å². The summed E-state index contributed by atoms with van der Waals surface area (Å²) >= 11 is 6.85. The van der Waals surface area contributed by atoms with Crippen molar-refractivity contribution < 1.29 is 33.3 Å². The SMILES string of the molecule is CCNC(=O)CNC(=O)CCOCCOCCOCCOCCNC(=O)c1ccc2nc(CBr)c(CBr)nc2c1. The number of nitrogens with one attached hydrogen (secondary N) is 3. The van der Waals surface area contributed by atoms with Crippen LogP contribution in [0.1, 0.15) is 35.1 Å². The van der Waals surface area contributed by atoms with E-state index in [0.717, 1.165) is 16.9 Å². The molecule has 3 amide bonds. The summed E-state index contributed by atoms with van der Waals surface area (Å²) in [6.07, 6.45) is 0.182. The standard InChI is InChI=1S/C26H37Br2N5O7/c1-2-29-25(35)18-31-24(34)5-7-37-9-11-39-13-14-40-12-10-38-8-6-30-26(36)19-3-4-20-21(15-19)33-23(17-28)22(16-27)32-20/h3-4,15H,2,5-14,16-18H2,1H3,(H,29,35)(H,30,36)(H,31,34). The van der Waals surface area contributed by atoms with Gasteiger partial charge < -0.3 is 34.9 Å². The lowest BCUT2D eigenvalue weighted by Gasteiger charge is -2.09. The second-order valence-corrected chi connectivity index (χ2v) is 9.39. The fourth-order valence-electron chi connectivity index (χ4n) is 3.28. The number of rotatable bonds is 21.